The lowest BCUT2D eigenvalue weighted by Crippen LogP contribution is -2.35. The van der Waals surface area contributed by atoms with E-state index in [2.05, 4.69) is 22.2 Å². The molecule has 16 heavy (non-hydrogen) atoms. The molecule has 1 heterocycles. The van der Waals surface area contributed by atoms with Crippen molar-refractivity contribution < 1.29 is 4.79 Å². The van der Waals surface area contributed by atoms with Gasteiger partial charge in [-0.3, -0.25) is 4.79 Å². The van der Waals surface area contributed by atoms with Gasteiger partial charge in [-0.2, -0.15) is 0 Å². The highest BCUT2D eigenvalue weighted by Gasteiger charge is 2.01. The van der Waals surface area contributed by atoms with E-state index in [9.17, 15) is 4.79 Å². The monoisotopic (exact) mass is 239 g/mol. The standard InChI is InChI=1S/C11H17N3OS/c1-3-5-12-7-11(15)13-6-4-10-8-16-9(2)14-10/h3,8,12H,1,4-7H2,2H3,(H,13,15). The third-order valence-electron chi connectivity index (χ3n) is 1.94. The Bertz CT molecular complexity index is 349. The number of hydrogen-bond donors (Lipinski definition) is 2. The summed E-state index contributed by atoms with van der Waals surface area (Å²) in [5.74, 6) is 0.00815. The van der Waals surface area contributed by atoms with E-state index in [0.717, 1.165) is 17.1 Å². The van der Waals surface area contributed by atoms with Crippen LogP contribution in [0, 0.1) is 6.92 Å². The summed E-state index contributed by atoms with van der Waals surface area (Å²) < 4.78 is 0. The van der Waals surface area contributed by atoms with Gasteiger partial charge in [0.2, 0.25) is 5.91 Å². The first kappa shape index (κ1) is 12.9. The largest absolute Gasteiger partial charge is 0.355 e. The lowest BCUT2D eigenvalue weighted by Gasteiger charge is -2.04. The van der Waals surface area contributed by atoms with Crippen molar-refractivity contribution in [2.45, 2.75) is 13.3 Å². The average Bonchev–Trinajstić information content (AvgIpc) is 2.65. The molecule has 1 aromatic rings. The summed E-state index contributed by atoms with van der Waals surface area (Å²) in [6.07, 6.45) is 2.52. The smallest absolute Gasteiger partial charge is 0.233 e. The van der Waals surface area contributed by atoms with Crippen LogP contribution in [0.25, 0.3) is 0 Å². The van der Waals surface area contributed by atoms with E-state index < -0.39 is 0 Å². The second-order valence-corrected chi connectivity index (χ2v) is 4.44. The van der Waals surface area contributed by atoms with E-state index in [0.29, 0.717) is 19.6 Å². The summed E-state index contributed by atoms with van der Waals surface area (Å²) in [5, 5.41) is 8.86. The van der Waals surface area contributed by atoms with Crippen molar-refractivity contribution in [1.29, 1.82) is 0 Å². The molecular formula is C11H17N3OS. The Labute approximate surface area is 99.8 Å². The topological polar surface area (TPSA) is 54.0 Å². The zero-order valence-corrected chi connectivity index (χ0v) is 10.3. The van der Waals surface area contributed by atoms with Crippen LogP contribution >= 0.6 is 11.3 Å². The Kier molecular flexibility index (Phi) is 5.74. The molecule has 0 aliphatic carbocycles. The summed E-state index contributed by atoms with van der Waals surface area (Å²) in [6.45, 7) is 7.16. The fraction of sp³-hybridized carbons (Fsp3) is 0.455. The van der Waals surface area contributed by atoms with Gasteiger partial charge in [0.05, 0.1) is 17.2 Å². The summed E-state index contributed by atoms with van der Waals surface area (Å²) in [5.41, 5.74) is 1.04. The van der Waals surface area contributed by atoms with Gasteiger partial charge in [-0.25, -0.2) is 4.98 Å². The number of carbonyl (C=O) groups is 1. The molecule has 0 fully saturated rings. The van der Waals surface area contributed by atoms with Crippen molar-refractivity contribution in [2.24, 2.45) is 0 Å². The van der Waals surface area contributed by atoms with E-state index in [1.165, 1.54) is 0 Å². The van der Waals surface area contributed by atoms with Crippen molar-refractivity contribution in [3.63, 3.8) is 0 Å². The van der Waals surface area contributed by atoms with Crippen molar-refractivity contribution in [1.82, 2.24) is 15.6 Å². The van der Waals surface area contributed by atoms with E-state index in [1.807, 2.05) is 12.3 Å². The Balaban J connectivity index is 2.10. The Hall–Kier alpha value is -1.20. The molecule has 4 nitrogen and oxygen atoms in total. The van der Waals surface area contributed by atoms with E-state index in [-0.39, 0.29) is 5.91 Å². The summed E-state index contributed by atoms with van der Waals surface area (Å²) in [6, 6.07) is 0. The first-order valence-electron chi connectivity index (χ1n) is 5.21. The van der Waals surface area contributed by atoms with Gasteiger partial charge in [-0.1, -0.05) is 6.08 Å². The minimum absolute atomic E-state index is 0.00815. The molecule has 1 amide bonds. The van der Waals surface area contributed by atoms with Crippen molar-refractivity contribution in [3.8, 4) is 0 Å². The number of rotatable bonds is 7. The number of nitrogens with one attached hydrogen (secondary N) is 2. The van der Waals surface area contributed by atoms with Crippen molar-refractivity contribution in [3.05, 3.63) is 28.7 Å². The van der Waals surface area contributed by atoms with Crippen LogP contribution in [0.2, 0.25) is 0 Å². The van der Waals surface area contributed by atoms with Crippen LogP contribution < -0.4 is 10.6 Å². The predicted molar refractivity (Wildman–Crippen MR) is 66.6 cm³/mol. The second-order valence-electron chi connectivity index (χ2n) is 3.38. The van der Waals surface area contributed by atoms with Gasteiger partial charge in [0.15, 0.2) is 0 Å². The maximum atomic E-state index is 11.3. The molecule has 88 valence electrons. The first-order valence-corrected chi connectivity index (χ1v) is 6.09. The van der Waals surface area contributed by atoms with Gasteiger partial charge in [0.25, 0.3) is 0 Å². The fourth-order valence-electron chi connectivity index (χ4n) is 1.20. The van der Waals surface area contributed by atoms with Gasteiger partial charge in [0, 0.05) is 24.9 Å². The maximum Gasteiger partial charge on any atom is 0.233 e. The van der Waals surface area contributed by atoms with Crippen LogP contribution in [0.4, 0.5) is 0 Å². The number of aromatic nitrogens is 1. The minimum atomic E-state index is 0.00815. The highest BCUT2D eigenvalue weighted by Crippen LogP contribution is 2.07. The Morgan fingerprint density at radius 1 is 1.69 bits per heavy atom. The van der Waals surface area contributed by atoms with E-state index >= 15 is 0 Å². The molecule has 2 N–H and O–H groups in total. The molecule has 0 radical (unpaired) electrons. The zero-order chi connectivity index (χ0) is 11.8. The molecule has 0 saturated heterocycles. The molecule has 0 spiro atoms. The summed E-state index contributed by atoms with van der Waals surface area (Å²) in [4.78, 5) is 15.6. The van der Waals surface area contributed by atoms with Crippen LogP contribution in [-0.4, -0.2) is 30.5 Å². The highest BCUT2D eigenvalue weighted by atomic mass is 32.1. The van der Waals surface area contributed by atoms with Gasteiger partial charge in [-0.05, 0) is 6.92 Å². The number of hydrogen-bond acceptors (Lipinski definition) is 4. The number of nitrogens with zero attached hydrogens (tertiary/aromatic N) is 1. The zero-order valence-electron chi connectivity index (χ0n) is 9.45. The number of aryl methyl sites for hydroxylation is 1. The highest BCUT2D eigenvalue weighted by molar-refractivity contribution is 7.09. The van der Waals surface area contributed by atoms with Crippen LogP contribution in [0.3, 0.4) is 0 Å². The maximum absolute atomic E-state index is 11.3. The van der Waals surface area contributed by atoms with E-state index in [1.54, 1.807) is 17.4 Å². The van der Waals surface area contributed by atoms with Crippen LogP contribution in [0.1, 0.15) is 10.7 Å². The molecule has 0 saturated carbocycles. The molecule has 0 atom stereocenters. The quantitative estimate of drug-likeness (QED) is 0.549. The van der Waals surface area contributed by atoms with Crippen LogP contribution in [0.5, 0.6) is 0 Å². The van der Waals surface area contributed by atoms with E-state index in [4.69, 9.17) is 0 Å². The van der Waals surface area contributed by atoms with Crippen molar-refractivity contribution in [2.75, 3.05) is 19.6 Å². The summed E-state index contributed by atoms with van der Waals surface area (Å²) >= 11 is 1.63. The summed E-state index contributed by atoms with van der Waals surface area (Å²) in [7, 11) is 0. The second kappa shape index (κ2) is 7.14. The molecule has 1 aromatic heterocycles. The number of amides is 1. The molecule has 0 unspecified atom stereocenters. The van der Waals surface area contributed by atoms with Gasteiger partial charge in [0.1, 0.15) is 0 Å². The number of carbonyl (C=O) groups excluding carboxylic acids is 1. The third kappa shape index (κ3) is 5.04. The lowest BCUT2D eigenvalue weighted by atomic mass is 10.3. The SMILES string of the molecule is C=CCNCC(=O)NCCc1csc(C)n1. The fourth-order valence-corrected chi connectivity index (χ4v) is 1.85. The Morgan fingerprint density at radius 2 is 2.50 bits per heavy atom. The Morgan fingerprint density at radius 3 is 3.12 bits per heavy atom. The third-order valence-corrected chi connectivity index (χ3v) is 2.77. The van der Waals surface area contributed by atoms with Gasteiger partial charge >= 0.3 is 0 Å². The average molecular weight is 239 g/mol. The van der Waals surface area contributed by atoms with Crippen LogP contribution in [-0.2, 0) is 11.2 Å². The van der Waals surface area contributed by atoms with Crippen LogP contribution in [0.15, 0.2) is 18.0 Å². The van der Waals surface area contributed by atoms with Gasteiger partial charge in [-0.15, -0.1) is 17.9 Å². The van der Waals surface area contributed by atoms with Crippen molar-refractivity contribution >= 4 is 17.2 Å². The van der Waals surface area contributed by atoms with Gasteiger partial charge < -0.3 is 10.6 Å². The molecule has 5 heteroatoms. The molecule has 1 rings (SSSR count). The molecule has 0 aliphatic rings. The molecule has 0 bridgehead atoms. The predicted octanol–water partition coefficient (Wildman–Crippen LogP) is 0.886. The molecular weight excluding hydrogens is 222 g/mol. The molecule has 0 aliphatic heterocycles. The normalized spacial score (nSPS) is 10.1. The lowest BCUT2D eigenvalue weighted by molar-refractivity contribution is -0.120. The minimum Gasteiger partial charge on any atom is -0.355 e. The number of thiazole rings is 1. The molecule has 0 aromatic carbocycles. The first-order chi connectivity index (χ1) is 7.72.